The first kappa shape index (κ1) is 10.5. The Morgan fingerprint density at radius 3 is 3.00 bits per heavy atom. The fraction of sp³-hybridized carbons (Fsp3) is 0.500. The average molecular weight is 207 g/mol. The van der Waals surface area contributed by atoms with Gasteiger partial charge in [0.15, 0.2) is 0 Å². The number of benzene rings is 1. The second kappa shape index (κ2) is 3.83. The Morgan fingerprint density at radius 2 is 2.33 bits per heavy atom. The van der Waals surface area contributed by atoms with E-state index in [2.05, 4.69) is 0 Å². The highest BCUT2D eigenvalue weighted by atomic mass is 16.5. The van der Waals surface area contributed by atoms with Gasteiger partial charge in [0.05, 0.1) is 7.11 Å². The maximum Gasteiger partial charge on any atom is 0.119 e. The zero-order chi connectivity index (χ0) is 10.9. The summed E-state index contributed by atoms with van der Waals surface area (Å²) in [6.45, 7) is 0.271. The third-order valence-electron chi connectivity index (χ3n) is 3.19. The lowest BCUT2D eigenvalue weighted by molar-refractivity contribution is 0.0277. The molecule has 0 aromatic heterocycles. The Morgan fingerprint density at radius 1 is 1.53 bits per heavy atom. The zero-order valence-electron chi connectivity index (χ0n) is 8.99. The molecular weight excluding hydrogens is 190 g/mol. The number of aliphatic hydroxyl groups is 1. The molecule has 2 rings (SSSR count). The minimum atomic E-state index is -0.859. The van der Waals surface area contributed by atoms with Crippen molar-refractivity contribution < 1.29 is 9.84 Å². The lowest BCUT2D eigenvalue weighted by Crippen LogP contribution is -2.38. The molecule has 3 N–H and O–H groups in total. The maximum atomic E-state index is 10.4. The van der Waals surface area contributed by atoms with Crippen LogP contribution in [0.25, 0.3) is 0 Å². The van der Waals surface area contributed by atoms with Crippen molar-refractivity contribution in [3.8, 4) is 5.75 Å². The molecule has 1 aliphatic carbocycles. The van der Waals surface area contributed by atoms with Crippen molar-refractivity contribution in [1.82, 2.24) is 0 Å². The summed E-state index contributed by atoms with van der Waals surface area (Å²) in [5.41, 5.74) is 6.92. The van der Waals surface area contributed by atoms with Gasteiger partial charge in [0, 0.05) is 6.54 Å². The molecule has 1 aromatic carbocycles. The van der Waals surface area contributed by atoms with Crippen LogP contribution in [0.3, 0.4) is 0 Å². The first-order chi connectivity index (χ1) is 7.19. The molecule has 15 heavy (non-hydrogen) atoms. The van der Waals surface area contributed by atoms with E-state index in [4.69, 9.17) is 10.5 Å². The van der Waals surface area contributed by atoms with Crippen LogP contribution in [0.5, 0.6) is 5.75 Å². The highest BCUT2D eigenvalue weighted by Crippen LogP contribution is 2.36. The number of aryl methyl sites for hydroxylation is 1. The molecule has 1 aliphatic rings. The summed E-state index contributed by atoms with van der Waals surface area (Å²) in [5.74, 6) is 0.780. The van der Waals surface area contributed by atoms with Crippen molar-refractivity contribution in [3.63, 3.8) is 0 Å². The molecule has 0 heterocycles. The Labute approximate surface area is 89.9 Å². The van der Waals surface area contributed by atoms with E-state index < -0.39 is 5.60 Å². The molecule has 0 fully saturated rings. The van der Waals surface area contributed by atoms with E-state index in [0.717, 1.165) is 30.6 Å². The molecule has 0 saturated heterocycles. The standard InChI is InChI=1S/C12H17NO2/c1-15-10-5-4-9-3-2-6-12(14,8-13)11(9)7-10/h4-5,7,14H,2-3,6,8,13H2,1H3/t12-/m0/s1. The summed E-state index contributed by atoms with van der Waals surface area (Å²) >= 11 is 0. The maximum absolute atomic E-state index is 10.4. The summed E-state index contributed by atoms with van der Waals surface area (Å²) in [6, 6.07) is 5.86. The number of rotatable bonds is 2. The first-order valence-corrected chi connectivity index (χ1v) is 5.29. The van der Waals surface area contributed by atoms with Crippen LogP contribution in [0.15, 0.2) is 18.2 Å². The van der Waals surface area contributed by atoms with Gasteiger partial charge in [-0.15, -0.1) is 0 Å². The van der Waals surface area contributed by atoms with Crippen LogP contribution in [-0.4, -0.2) is 18.8 Å². The highest BCUT2D eigenvalue weighted by molar-refractivity contribution is 5.41. The number of hydrogen-bond donors (Lipinski definition) is 2. The van der Waals surface area contributed by atoms with E-state index in [9.17, 15) is 5.11 Å². The van der Waals surface area contributed by atoms with Crippen LogP contribution in [-0.2, 0) is 12.0 Å². The molecule has 0 radical (unpaired) electrons. The lowest BCUT2D eigenvalue weighted by atomic mass is 9.79. The van der Waals surface area contributed by atoms with Crippen molar-refractivity contribution in [2.45, 2.75) is 24.9 Å². The summed E-state index contributed by atoms with van der Waals surface area (Å²) in [7, 11) is 1.63. The number of nitrogens with two attached hydrogens (primary N) is 1. The highest BCUT2D eigenvalue weighted by Gasteiger charge is 2.33. The molecule has 1 aromatic rings. The van der Waals surface area contributed by atoms with Crippen molar-refractivity contribution in [3.05, 3.63) is 29.3 Å². The minimum Gasteiger partial charge on any atom is -0.497 e. The Hall–Kier alpha value is -1.06. The molecule has 0 aliphatic heterocycles. The number of fused-ring (bicyclic) bond motifs is 1. The number of ether oxygens (including phenoxy) is 1. The monoisotopic (exact) mass is 207 g/mol. The second-order valence-electron chi connectivity index (χ2n) is 4.11. The number of hydrogen-bond acceptors (Lipinski definition) is 3. The molecular formula is C12H17NO2. The predicted molar refractivity (Wildman–Crippen MR) is 58.9 cm³/mol. The van der Waals surface area contributed by atoms with Crippen LogP contribution in [0.4, 0.5) is 0 Å². The third kappa shape index (κ3) is 1.73. The molecule has 0 unspecified atom stereocenters. The van der Waals surface area contributed by atoms with Crippen molar-refractivity contribution >= 4 is 0 Å². The second-order valence-corrected chi connectivity index (χ2v) is 4.11. The molecule has 3 nitrogen and oxygen atoms in total. The SMILES string of the molecule is COc1ccc2c(c1)[C@@](O)(CN)CCC2. The van der Waals surface area contributed by atoms with Crippen molar-refractivity contribution in [2.24, 2.45) is 5.73 Å². The lowest BCUT2D eigenvalue weighted by Gasteiger charge is -2.33. The topological polar surface area (TPSA) is 55.5 Å². The Balaban J connectivity index is 2.48. The molecule has 0 spiro atoms. The fourth-order valence-corrected chi connectivity index (χ4v) is 2.25. The van der Waals surface area contributed by atoms with Gasteiger partial charge in [-0.05, 0) is 42.5 Å². The summed E-state index contributed by atoms with van der Waals surface area (Å²) in [4.78, 5) is 0. The van der Waals surface area contributed by atoms with Gasteiger partial charge in [0.2, 0.25) is 0 Å². The van der Waals surface area contributed by atoms with Crippen molar-refractivity contribution in [1.29, 1.82) is 0 Å². The Kier molecular flexibility index (Phi) is 2.67. The Bertz CT molecular complexity index is 365. The predicted octanol–water partition coefficient (Wildman–Crippen LogP) is 1.18. The fourth-order valence-electron chi connectivity index (χ4n) is 2.25. The summed E-state index contributed by atoms with van der Waals surface area (Å²) in [5, 5.41) is 10.4. The van der Waals surface area contributed by atoms with Gasteiger partial charge in [0.25, 0.3) is 0 Å². The normalized spacial score (nSPS) is 24.7. The van der Waals surface area contributed by atoms with E-state index in [1.165, 1.54) is 5.56 Å². The van der Waals surface area contributed by atoms with E-state index >= 15 is 0 Å². The molecule has 0 saturated carbocycles. The van der Waals surface area contributed by atoms with Crippen LogP contribution in [0.1, 0.15) is 24.0 Å². The minimum absolute atomic E-state index is 0.271. The van der Waals surface area contributed by atoms with Gasteiger partial charge >= 0.3 is 0 Å². The quantitative estimate of drug-likeness (QED) is 0.765. The largest absolute Gasteiger partial charge is 0.497 e. The van der Waals surface area contributed by atoms with Gasteiger partial charge in [0.1, 0.15) is 11.4 Å². The molecule has 0 bridgehead atoms. The van der Waals surface area contributed by atoms with Gasteiger partial charge in [-0.25, -0.2) is 0 Å². The van der Waals surface area contributed by atoms with Crippen molar-refractivity contribution in [2.75, 3.05) is 13.7 Å². The van der Waals surface area contributed by atoms with Gasteiger partial charge in [-0.3, -0.25) is 0 Å². The third-order valence-corrected chi connectivity index (χ3v) is 3.19. The summed E-state index contributed by atoms with van der Waals surface area (Å²) < 4.78 is 5.17. The molecule has 3 heteroatoms. The first-order valence-electron chi connectivity index (χ1n) is 5.29. The van der Waals surface area contributed by atoms with Gasteiger partial charge < -0.3 is 15.6 Å². The van der Waals surface area contributed by atoms with Crippen LogP contribution < -0.4 is 10.5 Å². The van der Waals surface area contributed by atoms with E-state index in [1.807, 2.05) is 18.2 Å². The van der Waals surface area contributed by atoms with Gasteiger partial charge in [-0.1, -0.05) is 6.07 Å². The molecule has 1 atom stereocenters. The van der Waals surface area contributed by atoms with Crippen LogP contribution in [0.2, 0.25) is 0 Å². The van der Waals surface area contributed by atoms with E-state index in [0.29, 0.717) is 0 Å². The molecule has 82 valence electrons. The van der Waals surface area contributed by atoms with Crippen LogP contribution >= 0.6 is 0 Å². The van der Waals surface area contributed by atoms with Gasteiger partial charge in [-0.2, -0.15) is 0 Å². The average Bonchev–Trinajstić information content (AvgIpc) is 2.29. The molecule has 0 amide bonds. The smallest absolute Gasteiger partial charge is 0.119 e. The zero-order valence-corrected chi connectivity index (χ0v) is 8.99. The van der Waals surface area contributed by atoms with Crippen LogP contribution in [0, 0.1) is 0 Å². The van der Waals surface area contributed by atoms with E-state index in [-0.39, 0.29) is 6.54 Å². The van der Waals surface area contributed by atoms with E-state index in [1.54, 1.807) is 7.11 Å². The number of methoxy groups -OCH3 is 1. The summed E-state index contributed by atoms with van der Waals surface area (Å²) in [6.07, 6.45) is 2.75.